The summed E-state index contributed by atoms with van der Waals surface area (Å²) < 4.78 is 5.14. The van der Waals surface area contributed by atoms with Crippen molar-refractivity contribution in [2.24, 2.45) is 0 Å². The van der Waals surface area contributed by atoms with Gasteiger partial charge in [0.15, 0.2) is 0 Å². The van der Waals surface area contributed by atoms with Crippen LogP contribution in [0.1, 0.15) is 6.92 Å². The van der Waals surface area contributed by atoms with E-state index < -0.39 is 0 Å². The molecule has 0 aromatic rings. The van der Waals surface area contributed by atoms with Crippen LogP contribution in [0.5, 0.6) is 0 Å². The molecule has 0 radical (unpaired) electrons. The predicted molar refractivity (Wildman–Crippen MR) is 53.5 cm³/mol. The molecule has 1 aliphatic rings. The number of morpholine rings is 1. The van der Waals surface area contributed by atoms with Crippen LogP contribution in [0.2, 0.25) is 0 Å². The fourth-order valence-corrected chi connectivity index (χ4v) is 2.39. The minimum absolute atomic E-state index is 0.171. The average molecular weight is 207 g/mol. The van der Waals surface area contributed by atoms with Gasteiger partial charge in [-0.05, 0) is 0 Å². The number of hydrogen-bond acceptors (Lipinski definition) is 4. The Bertz CT molecular complexity index is 148. The van der Waals surface area contributed by atoms with E-state index in [4.69, 9.17) is 4.74 Å². The van der Waals surface area contributed by atoms with Crippen LogP contribution in [0.15, 0.2) is 0 Å². The number of hydrogen-bond donors (Lipinski definition) is 0. The molecule has 1 heterocycles. The van der Waals surface area contributed by atoms with Gasteiger partial charge in [0.25, 0.3) is 5.24 Å². The van der Waals surface area contributed by atoms with Crippen molar-refractivity contribution >= 4 is 26.8 Å². The Balaban J connectivity index is 2.20. The highest BCUT2D eigenvalue weighted by Crippen LogP contribution is 2.24. The van der Waals surface area contributed by atoms with Gasteiger partial charge in [-0.1, -0.05) is 17.7 Å². The highest BCUT2D eigenvalue weighted by Gasteiger charge is 2.16. The molecule has 5 heteroatoms. The van der Waals surface area contributed by atoms with Crippen molar-refractivity contribution in [3.8, 4) is 0 Å². The summed E-state index contributed by atoms with van der Waals surface area (Å²) in [5.74, 6) is 0.973. The van der Waals surface area contributed by atoms with E-state index >= 15 is 0 Å². The van der Waals surface area contributed by atoms with Gasteiger partial charge in [-0.2, -0.15) is 0 Å². The molecule has 1 amide bonds. The summed E-state index contributed by atoms with van der Waals surface area (Å²) in [4.78, 5) is 13.2. The maximum absolute atomic E-state index is 11.4. The smallest absolute Gasteiger partial charge is 0.292 e. The molecule has 1 rings (SSSR count). The van der Waals surface area contributed by atoms with Gasteiger partial charge in [-0.25, -0.2) is 0 Å². The van der Waals surface area contributed by atoms with Crippen LogP contribution in [0.4, 0.5) is 4.79 Å². The summed E-state index contributed by atoms with van der Waals surface area (Å²) in [6.45, 7) is 4.91. The second-order valence-corrected chi connectivity index (χ2v) is 4.89. The Morgan fingerprint density at radius 2 is 2.17 bits per heavy atom. The molecule has 70 valence electrons. The van der Waals surface area contributed by atoms with Gasteiger partial charge >= 0.3 is 0 Å². The second-order valence-electron chi connectivity index (χ2n) is 2.36. The van der Waals surface area contributed by atoms with E-state index in [1.54, 1.807) is 10.8 Å². The first-order valence-electron chi connectivity index (χ1n) is 4.00. The Labute approximate surface area is 80.6 Å². The molecule has 0 atom stereocenters. The Kier molecular flexibility index (Phi) is 4.87. The molecule has 0 aromatic carbocycles. The molecule has 3 nitrogen and oxygen atoms in total. The number of rotatable bonds is 2. The van der Waals surface area contributed by atoms with E-state index in [1.807, 2.05) is 11.8 Å². The van der Waals surface area contributed by atoms with Crippen LogP contribution in [0, 0.1) is 0 Å². The van der Waals surface area contributed by atoms with E-state index in [2.05, 4.69) is 0 Å². The quantitative estimate of drug-likeness (QED) is 0.646. The normalized spacial score (nSPS) is 17.9. The zero-order chi connectivity index (χ0) is 8.81. The third-order valence-corrected chi connectivity index (χ3v) is 3.76. The summed E-state index contributed by atoms with van der Waals surface area (Å²) in [7, 11) is 2.93. The van der Waals surface area contributed by atoms with Crippen LogP contribution < -0.4 is 0 Å². The Hall–Kier alpha value is 0.130. The molecule has 0 saturated carbocycles. The van der Waals surface area contributed by atoms with Gasteiger partial charge in [0.2, 0.25) is 0 Å². The first-order chi connectivity index (χ1) is 5.84. The van der Waals surface area contributed by atoms with Gasteiger partial charge in [0, 0.05) is 29.6 Å². The lowest BCUT2D eigenvalue weighted by molar-refractivity contribution is 0.0593. The molecule has 0 unspecified atom stereocenters. The third kappa shape index (κ3) is 3.25. The van der Waals surface area contributed by atoms with Crippen LogP contribution in [0.25, 0.3) is 0 Å². The number of ether oxygens (including phenoxy) is 1. The summed E-state index contributed by atoms with van der Waals surface area (Å²) >= 11 is 0. The van der Waals surface area contributed by atoms with Gasteiger partial charge < -0.3 is 9.64 Å². The zero-order valence-electron chi connectivity index (χ0n) is 7.12. The fraction of sp³-hybridized carbons (Fsp3) is 0.857. The first kappa shape index (κ1) is 10.2. The molecule has 1 saturated heterocycles. The van der Waals surface area contributed by atoms with Crippen molar-refractivity contribution in [1.82, 2.24) is 4.90 Å². The lowest BCUT2D eigenvalue weighted by Gasteiger charge is -2.25. The standard InChI is InChI=1S/C7H13NO2S2/c1-2-11-12-7(9)8-3-5-10-6-4-8/h2-6H2,1H3. The van der Waals surface area contributed by atoms with Crippen molar-refractivity contribution in [3.05, 3.63) is 0 Å². The van der Waals surface area contributed by atoms with Crippen LogP contribution in [0.3, 0.4) is 0 Å². The number of carbonyl (C=O) groups excluding carboxylic acids is 1. The van der Waals surface area contributed by atoms with Gasteiger partial charge in [-0.3, -0.25) is 4.79 Å². The molecule has 0 aromatic heterocycles. The average Bonchev–Trinajstić information content (AvgIpc) is 2.15. The molecule has 0 N–H and O–H groups in total. The maximum atomic E-state index is 11.4. The SMILES string of the molecule is CCSSC(=O)N1CCOCC1. The van der Waals surface area contributed by atoms with E-state index in [1.165, 1.54) is 10.8 Å². The molecule has 0 spiro atoms. The van der Waals surface area contributed by atoms with Gasteiger partial charge in [0.05, 0.1) is 13.2 Å². The Morgan fingerprint density at radius 3 is 2.75 bits per heavy atom. The molecular formula is C7H13NO2S2. The van der Waals surface area contributed by atoms with Gasteiger partial charge in [-0.15, -0.1) is 0 Å². The lowest BCUT2D eigenvalue weighted by Crippen LogP contribution is -2.38. The number of amides is 1. The monoisotopic (exact) mass is 207 g/mol. The van der Waals surface area contributed by atoms with E-state index in [-0.39, 0.29) is 5.24 Å². The molecule has 0 bridgehead atoms. The third-order valence-electron chi connectivity index (χ3n) is 1.52. The largest absolute Gasteiger partial charge is 0.378 e. The summed E-state index contributed by atoms with van der Waals surface area (Å²) in [6, 6.07) is 0. The number of nitrogens with zero attached hydrogens (tertiary/aromatic N) is 1. The maximum Gasteiger partial charge on any atom is 0.292 e. The van der Waals surface area contributed by atoms with Crippen LogP contribution >= 0.6 is 21.6 Å². The minimum atomic E-state index is 0.171. The van der Waals surface area contributed by atoms with Gasteiger partial charge in [0.1, 0.15) is 0 Å². The fourth-order valence-electron chi connectivity index (χ4n) is 0.908. The molecular weight excluding hydrogens is 194 g/mol. The van der Waals surface area contributed by atoms with Crippen molar-refractivity contribution in [3.63, 3.8) is 0 Å². The van der Waals surface area contributed by atoms with E-state index in [0.29, 0.717) is 13.2 Å². The molecule has 1 fully saturated rings. The molecule has 0 aliphatic carbocycles. The van der Waals surface area contributed by atoms with E-state index in [0.717, 1.165) is 18.8 Å². The predicted octanol–water partition coefficient (Wildman–Crippen LogP) is 1.84. The summed E-state index contributed by atoms with van der Waals surface area (Å²) in [6.07, 6.45) is 0. The van der Waals surface area contributed by atoms with Crippen molar-refractivity contribution < 1.29 is 9.53 Å². The van der Waals surface area contributed by atoms with Crippen molar-refractivity contribution in [1.29, 1.82) is 0 Å². The van der Waals surface area contributed by atoms with Crippen molar-refractivity contribution in [2.75, 3.05) is 32.1 Å². The highest BCUT2D eigenvalue weighted by atomic mass is 33.1. The Morgan fingerprint density at radius 1 is 1.50 bits per heavy atom. The summed E-state index contributed by atoms with van der Waals surface area (Å²) in [5, 5.41) is 0.171. The van der Waals surface area contributed by atoms with Crippen LogP contribution in [-0.4, -0.2) is 42.2 Å². The first-order valence-corrected chi connectivity index (χ1v) is 6.32. The van der Waals surface area contributed by atoms with E-state index in [9.17, 15) is 4.79 Å². The zero-order valence-corrected chi connectivity index (χ0v) is 8.75. The van der Waals surface area contributed by atoms with Crippen LogP contribution in [-0.2, 0) is 4.74 Å². The molecule has 1 aliphatic heterocycles. The topological polar surface area (TPSA) is 29.5 Å². The second kappa shape index (κ2) is 5.72. The number of carbonyl (C=O) groups is 1. The summed E-state index contributed by atoms with van der Waals surface area (Å²) in [5.41, 5.74) is 0. The molecule has 12 heavy (non-hydrogen) atoms. The highest BCUT2D eigenvalue weighted by molar-refractivity contribution is 8.82. The lowest BCUT2D eigenvalue weighted by atomic mass is 10.5. The minimum Gasteiger partial charge on any atom is -0.378 e. The van der Waals surface area contributed by atoms with Crippen molar-refractivity contribution in [2.45, 2.75) is 6.92 Å².